The summed E-state index contributed by atoms with van der Waals surface area (Å²) in [7, 11) is 0. The number of aryl methyl sites for hydroxylation is 1. The minimum absolute atomic E-state index is 0.0435. The highest BCUT2D eigenvalue weighted by Crippen LogP contribution is 2.14. The quantitative estimate of drug-likeness (QED) is 0.885. The predicted molar refractivity (Wildman–Crippen MR) is 81.3 cm³/mol. The van der Waals surface area contributed by atoms with Crippen LogP contribution in [0.2, 0.25) is 5.02 Å². The fraction of sp³-hybridized carbons (Fsp3) is 0.200. The summed E-state index contributed by atoms with van der Waals surface area (Å²) in [4.78, 5) is 23.0. The molecule has 22 heavy (non-hydrogen) atoms. The summed E-state index contributed by atoms with van der Waals surface area (Å²) in [5, 5.41) is 9.24. The second-order valence-electron chi connectivity index (χ2n) is 4.79. The van der Waals surface area contributed by atoms with Gasteiger partial charge in [-0.2, -0.15) is 0 Å². The van der Waals surface area contributed by atoms with Gasteiger partial charge in [0.2, 0.25) is 0 Å². The third kappa shape index (κ3) is 3.65. The van der Waals surface area contributed by atoms with Crippen molar-refractivity contribution in [1.82, 2.24) is 4.68 Å². The molecule has 0 radical (unpaired) electrons. The number of pyridine rings is 1. The Kier molecular flexibility index (Phi) is 4.82. The molecule has 0 amide bonds. The first-order valence-electron chi connectivity index (χ1n) is 6.49. The van der Waals surface area contributed by atoms with Gasteiger partial charge in [0.1, 0.15) is 5.82 Å². The number of carboxylic acid groups (broad SMARTS) is 1. The Morgan fingerprint density at radius 1 is 1.41 bits per heavy atom. The van der Waals surface area contributed by atoms with Crippen LogP contribution < -0.4 is 11.0 Å². The van der Waals surface area contributed by atoms with Crippen LogP contribution in [-0.4, -0.2) is 15.8 Å². The van der Waals surface area contributed by atoms with Gasteiger partial charge in [0, 0.05) is 22.3 Å². The summed E-state index contributed by atoms with van der Waals surface area (Å²) >= 11 is 5.80. The number of benzene rings is 1. The van der Waals surface area contributed by atoms with Gasteiger partial charge in [-0.25, -0.2) is 9.07 Å². The summed E-state index contributed by atoms with van der Waals surface area (Å²) in [6, 6.07) is 5.76. The summed E-state index contributed by atoms with van der Waals surface area (Å²) in [6.07, 6.45) is 1.12. The van der Waals surface area contributed by atoms with Gasteiger partial charge < -0.3 is 10.5 Å². The lowest BCUT2D eigenvalue weighted by molar-refractivity contribution is -0.136. The number of aliphatic carboxylic acids is 1. The zero-order valence-electron chi connectivity index (χ0n) is 11.8. The Hall–Kier alpha value is -2.34. The zero-order valence-corrected chi connectivity index (χ0v) is 12.5. The van der Waals surface area contributed by atoms with E-state index in [4.69, 9.17) is 16.7 Å². The van der Waals surface area contributed by atoms with Crippen LogP contribution in [0.1, 0.15) is 16.7 Å². The molecule has 1 aromatic carbocycles. The van der Waals surface area contributed by atoms with E-state index in [-0.39, 0.29) is 18.5 Å². The van der Waals surface area contributed by atoms with Crippen LogP contribution in [0.15, 0.2) is 35.3 Å². The van der Waals surface area contributed by atoms with Gasteiger partial charge in [-0.3, -0.25) is 9.59 Å². The highest BCUT2D eigenvalue weighted by molar-refractivity contribution is 6.30. The van der Waals surface area contributed by atoms with Crippen molar-refractivity contribution in [2.24, 2.45) is 0 Å². The van der Waals surface area contributed by atoms with Crippen molar-refractivity contribution in [3.63, 3.8) is 0 Å². The number of hydrogen-bond acceptors (Lipinski definition) is 3. The van der Waals surface area contributed by atoms with Gasteiger partial charge in [0.15, 0.2) is 0 Å². The fourth-order valence-electron chi connectivity index (χ4n) is 2.01. The van der Waals surface area contributed by atoms with E-state index in [1.807, 2.05) is 0 Å². The largest absolute Gasteiger partial charge is 0.481 e. The second kappa shape index (κ2) is 6.62. The van der Waals surface area contributed by atoms with Crippen LogP contribution in [0.25, 0.3) is 0 Å². The van der Waals surface area contributed by atoms with Gasteiger partial charge in [0.05, 0.1) is 13.0 Å². The maximum absolute atomic E-state index is 13.6. The van der Waals surface area contributed by atoms with E-state index >= 15 is 0 Å². The number of halogens is 2. The Morgan fingerprint density at radius 3 is 2.82 bits per heavy atom. The highest BCUT2D eigenvalue weighted by atomic mass is 35.5. The van der Waals surface area contributed by atoms with Crippen molar-refractivity contribution < 1.29 is 14.3 Å². The summed E-state index contributed by atoms with van der Waals surface area (Å²) in [6.45, 7) is 1.71. The maximum atomic E-state index is 13.6. The van der Waals surface area contributed by atoms with Crippen molar-refractivity contribution >= 4 is 17.6 Å². The van der Waals surface area contributed by atoms with Crippen molar-refractivity contribution in [1.29, 1.82) is 0 Å². The first-order valence-corrected chi connectivity index (χ1v) is 6.87. The third-order valence-corrected chi connectivity index (χ3v) is 3.44. The molecule has 1 heterocycles. The molecule has 2 N–H and O–H groups in total. The molecule has 5 nitrogen and oxygen atoms in total. The van der Waals surface area contributed by atoms with Crippen LogP contribution in [0.3, 0.4) is 0 Å². The number of nitrogens with one attached hydrogen (secondary N) is 1. The smallest absolute Gasteiger partial charge is 0.308 e. The van der Waals surface area contributed by atoms with Gasteiger partial charge >= 0.3 is 5.97 Å². The zero-order chi connectivity index (χ0) is 16.3. The summed E-state index contributed by atoms with van der Waals surface area (Å²) < 4.78 is 14.8. The number of hydrogen-bond donors (Lipinski definition) is 2. The molecule has 0 unspecified atom stereocenters. The molecule has 0 aliphatic heterocycles. The molecule has 0 saturated carbocycles. The molecule has 116 valence electrons. The van der Waals surface area contributed by atoms with E-state index in [2.05, 4.69) is 5.43 Å². The minimum atomic E-state index is -1.08. The first-order chi connectivity index (χ1) is 10.4. The van der Waals surface area contributed by atoms with Crippen LogP contribution in [-0.2, 0) is 17.8 Å². The topological polar surface area (TPSA) is 71.3 Å². The molecule has 0 saturated heterocycles. The Labute approximate surface area is 130 Å². The number of carbonyl (C=O) groups is 1. The molecule has 0 bridgehead atoms. The number of rotatable bonds is 5. The molecule has 0 aliphatic carbocycles. The highest BCUT2D eigenvalue weighted by Gasteiger charge is 2.11. The van der Waals surface area contributed by atoms with Crippen molar-refractivity contribution in [3.8, 4) is 0 Å². The van der Waals surface area contributed by atoms with E-state index in [0.29, 0.717) is 16.1 Å². The Morgan fingerprint density at radius 2 is 2.14 bits per heavy atom. The second-order valence-corrected chi connectivity index (χ2v) is 5.23. The predicted octanol–water partition coefficient (Wildman–Crippen LogP) is 2.32. The molecular formula is C15H14ClFN2O3. The van der Waals surface area contributed by atoms with Crippen molar-refractivity contribution in [3.05, 3.63) is 68.3 Å². The minimum Gasteiger partial charge on any atom is -0.481 e. The SMILES string of the molecule is Cc1ccn(NCc2cc(Cl)ccc2F)c(=O)c1CC(=O)O. The summed E-state index contributed by atoms with van der Waals surface area (Å²) in [5.41, 5.74) is 3.37. The standard InChI is InChI=1S/C15H14ClFN2O3/c1-9-4-5-19(15(22)12(9)7-14(20)21)18-8-10-6-11(16)2-3-13(10)17/h2-6,18H,7-8H2,1H3,(H,20,21). The number of aromatic nitrogens is 1. The average molecular weight is 325 g/mol. The molecule has 0 atom stereocenters. The van der Waals surface area contributed by atoms with Crippen LogP contribution in [0, 0.1) is 12.7 Å². The normalized spacial score (nSPS) is 10.5. The Bertz CT molecular complexity index is 774. The number of carboxylic acids is 1. The summed E-state index contributed by atoms with van der Waals surface area (Å²) in [5.74, 6) is -1.53. The average Bonchev–Trinajstić information content (AvgIpc) is 2.45. The molecule has 0 spiro atoms. The van der Waals surface area contributed by atoms with Crippen LogP contribution >= 0.6 is 11.6 Å². The maximum Gasteiger partial charge on any atom is 0.308 e. The first kappa shape index (κ1) is 16.0. The van der Waals surface area contributed by atoms with E-state index in [1.54, 1.807) is 13.0 Å². The third-order valence-electron chi connectivity index (χ3n) is 3.20. The van der Waals surface area contributed by atoms with Crippen molar-refractivity contribution in [2.75, 3.05) is 5.43 Å². The lowest BCUT2D eigenvalue weighted by atomic mass is 10.1. The van der Waals surface area contributed by atoms with Crippen LogP contribution in [0.4, 0.5) is 4.39 Å². The van der Waals surface area contributed by atoms with Gasteiger partial charge in [0.25, 0.3) is 5.56 Å². The Balaban J connectivity index is 2.25. The monoisotopic (exact) mass is 324 g/mol. The molecule has 7 heteroatoms. The molecule has 2 rings (SSSR count). The molecule has 1 aromatic heterocycles. The van der Waals surface area contributed by atoms with E-state index in [9.17, 15) is 14.0 Å². The van der Waals surface area contributed by atoms with Crippen molar-refractivity contribution in [2.45, 2.75) is 19.9 Å². The van der Waals surface area contributed by atoms with Gasteiger partial charge in [-0.1, -0.05) is 11.6 Å². The van der Waals surface area contributed by atoms with E-state index in [1.165, 1.54) is 24.4 Å². The van der Waals surface area contributed by atoms with Gasteiger partial charge in [-0.15, -0.1) is 0 Å². The van der Waals surface area contributed by atoms with E-state index in [0.717, 1.165) is 4.68 Å². The van der Waals surface area contributed by atoms with E-state index < -0.39 is 17.3 Å². The lowest BCUT2D eigenvalue weighted by Crippen LogP contribution is -2.32. The van der Waals surface area contributed by atoms with Crippen LogP contribution in [0.5, 0.6) is 0 Å². The molecular weight excluding hydrogens is 311 g/mol. The molecule has 0 aliphatic rings. The fourth-order valence-corrected chi connectivity index (χ4v) is 2.20. The number of nitrogens with zero attached hydrogens (tertiary/aromatic N) is 1. The lowest BCUT2D eigenvalue weighted by Gasteiger charge is -2.12. The molecule has 2 aromatic rings. The van der Waals surface area contributed by atoms with Gasteiger partial charge in [-0.05, 0) is 36.8 Å². The molecule has 0 fully saturated rings.